The Labute approximate surface area is 90.0 Å². The van der Waals surface area contributed by atoms with Crippen LogP contribution in [0.2, 0.25) is 0 Å². The van der Waals surface area contributed by atoms with E-state index in [1.165, 1.54) is 5.57 Å². The minimum absolute atomic E-state index is 0.0708. The number of nitrogens with zero attached hydrogens (tertiary/aromatic N) is 1. The van der Waals surface area contributed by atoms with E-state index in [9.17, 15) is 0 Å². The Morgan fingerprint density at radius 3 is 3.27 bits per heavy atom. The molecule has 0 amide bonds. The van der Waals surface area contributed by atoms with Gasteiger partial charge in [0, 0.05) is 6.21 Å². The fourth-order valence-corrected chi connectivity index (χ4v) is 1.81. The van der Waals surface area contributed by atoms with E-state index >= 15 is 0 Å². The number of aliphatic hydroxyl groups excluding tert-OH is 1. The van der Waals surface area contributed by atoms with Gasteiger partial charge in [0.15, 0.2) is 0 Å². The summed E-state index contributed by atoms with van der Waals surface area (Å²) >= 11 is 0. The molecule has 2 heteroatoms. The molecular formula is C13H15NO. The lowest BCUT2D eigenvalue weighted by Gasteiger charge is -2.30. The first-order chi connectivity index (χ1) is 7.24. The highest BCUT2D eigenvalue weighted by molar-refractivity contribution is 5.86. The zero-order valence-electron chi connectivity index (χ0n) is 8.85. The summed E-state index contributed by atoms with van der Waals surface area (Å²) in [6, 6.07) is 0. The number of rotatable bonds is 2. The second-order valence-corrected chi connectivity index (χ2v) is 4.02. The Kier molecular flexibility index (Phi) is 2.69. The van der Waals surface area contributed by atoms with Crippen molar-refractivity contribution in [2.75, 3.05) is 6.61 Å². The van der Waals surface area contributed by atoms with Crippen LogP contribution in [-0.4, -0.2) is 23.5 Å². The van der Waals surface area contributed by atoms with Crippen LogP contribution in [-0.2, 0) is 0 Å². The van der Waals surface area contributed by atoms with E-state index in [2.05, 4.69) is 36.2 Å². The Balaban J connectivity index is 2.28. The molecule has 1 aliphatic carbocycles. The Hall–Kier alpha value is -1.41. The normalized spacial score (nSPS) is 28.9. The Morgan fingerprint density at radius 1 is 1.60 bits per heavy atom. The van der Waals surface area contributed by atoms with Gasteiger partial charge in [-0.3, -0.25) is 4.99 Å². The van der Waals surface area contributed by atoms with Gasteiger partial charge in [0.2, 0.25) is 0 Å². The van der Waals surface area contributed by atoms with Crippen molar-refractivity contribution in [3.63, 3.8) is 0 Å². The molecule has 1 atom stereocenters. The molecule has 2 aliphatic rings. The highest BCUT2D eigenvalue weighted by atomic mass is 16.2. The average molecular weight is 201 g/mol. The van der Waals surface area contributed by atoms with Crippen LogP contribution in [0.3, 0.4) is 0 Å². The third kappa shape index (κ3) is 2.00. The molecule has 1 N–H and O–H groups in total. The van der Waals surface area contributed by atoms with Crippen molar-refractivity contribution in [2.24, 2.45) is 4.99 Å². The smallest absolute Gasteiger partial charge is 0.0863 e. The van der Waals surface area contributed by atoms with Crippen molar-refractivity contribution in [1.82, 2.24) is 0 Å². The Morgan fingerprint density at radius 2 is 2.47 bits per heavy atom. The van der Waals surface area contributed by atoms with Crippen LogP contribution in [0, 0.1) is 0 Å². The predicted octanol–water partition coefficient (Wildman–Crippen LogP) is 2.19. The molecule has 0 fully saturated rings. The maximum Gasteiger partial charge on any atom is 0.0863 e. The van der Waals surface area contributed by atoms with Gasteiger partial charge in [-0.25, -0.2) is 0 Å². The zero-order valence-corrected chi connectivity index (χ0v) is 8.85. The SMILES string of the molecule is CC12CC=CC=C1C=C(/C=C/CO)C=N2. The summed E-state index contributed by atoms with van der Waals surface area (Å²) in [5, 5.41) is 8.70. The lowest BCUT2D eigenvalue weighted by atomic mass is 9.83. The lowest BCUT2D eigenvalue weighted by Crippen LogP contribution is -2.27. The fourth-order valence-electron chi connectivity index (χ4n) is 1.81. The van der Waals surface area contributed by atoms with Gasteiger partial charge in [-0.15, -0.1) is 0 Å². The van der Waals surface area contributed by atoms with Gasteiger partial charge < -0.3 is 5.11 Å². The lowest BCUT2D eigenvalue weighted by molar-refractivity contribution is 0.342. The second-order valence-electron chi connectivity index (χ2n) is 4.02. The molecule has 78 valence electrons. The minimum atomic E-state index is -0.0781. The van der Waals surface area contributed by atoms with E-state index in [0.717, 1.165) is 12.0 Å². The third-order valence-electron chi connectivity index (χ3n) is 2.79. The maximum atomic E-state index is 8.70. The van der Waals surface area contributed by atoms with Crippen LogP contribution in [0.5, 0.6) is 0 Å². The summed E-state index contributed by atoms with van der Waals surface area (Å²) in [7, 11) is 0. The molecule has 0 spiro atoms. The largest absolute Gasteiger partial charge is 0.392 e. The van der Waals surface area contributed by atoms with Gasteiger partial charge in [0.25, 0.3) is 0 Å². The summed E-state index contributed by atoms with van der Waals surface area (Å²) in [4.78, 5) is 4.57. The molecule has 15 heavy (non-hydrogen) atoms. The van der Waals surface area contributed by atoms with Gasteiger partial charge in [0.1, 0.15) is 0 Å². The van der Waals surface area contributed by atoms with Crippen LogP contribution < -0.4 is 0 Å². The highest BCUT2D eigenvalue weighted by Crippen LogP contribution is 2.33. The molecule has 1 aliphatic heterocycles. The van der Waals surface area contributed by atoms with Crippen molar-refractivity contribution in [2.45, 2.75) is 18.9 Å². The first-order valence-electron chi connectivity index (χ1n) is 5.16. The first-order valence-corrected chi connectivity index (χ1v) is 5.16. The minimum Gasteiger partial charge on any atom is -0.392 e. The monoisotopic (exact) mass is 201 g/mol. The number of hydrogen-bond donors (Lipinski definition) is 1. The van der Waals surface area contributed by atoms with Crippen LogP contribution >= 0.6 is 0 Å². The van der Waals surface area contributed by atoms with Crippen LogP contribution in [0.25, 0.3) is 0 Å². The van der Waals surface area contributed by atoms with Gasteiger partial charge in [-0.2, -0.15) is 0 Å². The zero-order chi connectivity index (χ0) is 10.7. The molecule has 0 aromatic heterocycles. The van der Waals surface area contributed by atoms with Crippen molar-refractivity contribution in [3.8, 4) is 0 Å². The number of allylic oxidation sites excluding steroid dienone is 4. The molecule has 1 unspecified atom stereocenters. The molecule has 0 bridgehead atoms. The molecule has 0 aromatic rings. The van der Waals surface area contributed by atoms with Crippen molar-refractivity contribution < 1.29 is 5.11 Å². The Bertz CT molecular complexity index is 399. The topological polar surface area (TPSA) is 32.6 Å². The third-order valence-corrected chi connectivity index (χ3v) is 2.79. The molecule has 0 saturated carbocycles. The quantitative estimate of drug-likeness (QED) is 0.729. The summed E-state index contributed by atoms with van der Waals surface area (Å²) < 4.78 is 0. The van der Waals surface area contributed by atoms with Crippen molar-refractivity contribution in [1.29, 1.82) is 0 Å². The van der Waals surface area contributed by atoms with E-state index in [-0.39, 0.29) is 12.1 Å². The first kappa shape index (κ1) is 10.1. The molecular weight excluding hydrogens is 186 g/mol. The highest BCUT2D eigenvalue weighted by Gasteiger charge is 2.28. The van der Waals surface area contributed by atoms with Gasteiger partial charge in [-0.05, 0) is 30.6 Å². The number of aliphatic hydroxyl groups is 1. The van der Waals surface area contributed by atoms with Gasteiger partial charge >= 0.3 is 0 Å². The van der Waals surface area contributed by atoms with E-state index in [0.29, 0.717) is 0 Å². The molecule has 0 saturated heterocycles. The molecule has 0 radical (unpaired) electrons. The van der Waals surface area contributed by atoms with Crippen molar-refractivity contribution in [3.05, 3.63) is 47.6 Å². The van der Waals surface area contributed by atoms with Crippen LogP contribution in [0.15, 0.2) is 52.6 Å². The average Bonchev–Trinajstić information content (AvgIpc) is 2.26. The molecule has 2 nitrogen and oxygen atoms in total. The maximum absolute atomic E-state index is 8.70. The van der Waals surface area contributed by atoms with Gasteiger partial charge in [0.05, 0.1) is 12.1 Å². The number of dihydropyridines is 1. The summed E-state index contributed by atoms with van der Waals surface area (Å²) in [5.41, 5.74) is 2.21. The van der Waals surface area contributed by atoms with E-state index in [1.54, 1.807) is 6.08 Å². The van der Waals surface area contributed by atoms with Crippen molar-refractivity contribution >= 4 is 6.21 Å². The summed E-state index contributed by atoms with van der Waals surface area (Å²) in [6.45, 7) is 2.21. The molecule has 2 rings (SSSR count). The standard InChI is InChI=1S/C13H15NO/c1-13-7-3-2-6-12(13)9-11(10-14-13)5-4-8-15/h2-6,9-10,15H,7-8H2,1H3/b5-4+. The van der Waals surface area contributed by atoms with E-state index < -0.39 is 0 Å². The van der Waals surface area contributed by atoms with Gasteiger partial charge in [-0.1, -0.05) is 30.4 Å². The number of aliphatic imine (C=N–C) groups is 1. The molecule has 1 heterocycles. The summed E-state index contributed by atoms with van der Waals surface area (Å²) in [5.74, 6) is 0. The van der Waals surface area contributed by atoms with Crippen LogP contribution in [0.4, 0.5) is 0 Å². The predicted molar refractivity (Wildman–Crippen MR) is 63.0 cm³/mol. The van der Waals surface area contributed by atoms with Crippen LogP contribution in [0.1, 0.15) is 13.3 Å². The fraction of sp³-hybridized carbons (Fsp3) is 0.308. The van der Waals surface area contributed by atoms with E-state index in [4.69, 9.17) is 5.11 Å². The number of hydrogen-bond acceptors (Lipinski definition) is 2. The second kappa shape index (κ2) is 3.99. The summed E-state index contributed by atoms with van der Waals surface area (Å²) in [6.07, 6.45) is 14.9. The molecule has 0 aromatic carbocycles. The number of fused-ring (bicyclic) bond motifs is 1. The van der Waals surface area contributed by atoms with E-state index in [1.807, 2.05) is 12.3 Å².